The van der Waals surface area contributed by atoms with E-state index in [4.69, 9.17) is 9.47 Å². The van der Waals surface area contributed by atoms with Crippen molar-refractivity contribution in [1.29, 1.82) is 0 Å². The molecule has 124 valence electrons. The molecule has 1 fully saturated rings. The van der Waals surface area contributed by atoms with Crippen LogP contribution in [0.5, 0.6) is 5.75 Å². The van der Waals surface area contributed by atoms with Crippen molar-refractivity contribution in [2.75, 3.05) is 40.5 Å². The average Bonchev–Trinajstić information content (AvgIpc) is 2.54. The minimum absolute atomic E-state index is 0. The van der Waals surface area contributed by atoms with Crippen molar-refractivity contribution in [3.63, 3.8) is 0 Å². The summed E-state index contributed by atoms with van der Waals surface area (Å²) in [4.78, 5) is 12.3. The molecule has 22 heavy (non-hydrogen) atoms. The Morgan fingerprint density at radius 3 is 2.68 bits per heavy atom. The zero-order chi connectivity index (χ0) is 15.1. The van der Waals surface area contributed by atoms with Crippen molar-refractivity contribution in [3.05, 3.63) is 29.8 Å². The number of carbonyl (C=O) groups is 1. The lowest BCUT2D eigenvalue weighted by molar-refractivity contribution is 0.0511. The molecule has 0 aliphatic carbocycles. The molecule has 1 amide bonds. The van der Waals surface area contributed by atoms with Crippen LogP contribution in [0, 0.1) is 5.41 Å². The number of carbonyl (C=O) groups excluding carboxylic acids is 1. The fourth-order valence-electron chi connectivity index (χ4n) is 2.77. The number of methoxy groups -OCH3 is 2. The van der Waals surface area contributed by atoms with E-state index in [9.17, 15) is 4.79 Å². The Balaban J connectivity index is 0.00000242. The van der Waals surface area contributed by atoms with Crippen LogP contribution in [0.1, 0.15) is 23.2 Å². The summed E-state index contributed by atoms with van der Waals surface area (Å²) in [5, 5.41) is 6.39. The molecule has 1 aromatic carbocycles. The first-order chi connectivity index (χ1) is 10.2. The third kappa shape index (κ3) is 4.87. The maximum atomic E-state index is 12.3. The fourth-order valence-corrected chi connectivity index (χ4v) is 2.77. The van der Waals surface area contributed by atoms with Crippen LogP contribution in [-0.2, 0) is 4.74 Å². The zero-order valence-electron chi connectivity index (χ0n) is 13.2. The molecule has 0 saturated carbocycles. The predicted octanol–water partition coefficient (Wildman–Crippen LogP) is 1.86. The monoisotopic (exact) mass is 328 g/mol. The predicted molar refractivity (Wildman–Crippen MR) is 89.0 cm³/mol. The quantitative estimate of drug-likeness (QED) is 0.837. The normalized spacial score (nSPS) is 16.5. The zero-order valence-corrected chi connectivity index (χ0v) is 14.0. The van der Waals surface area contributed by atoms with Crippen LogP contribution in [0.3, 0.4) is 0 Å². The molecular weight excluding hydrogens is 304 g/mol. The van der Waals surface area contributed by atoms with E-state index in [1.807, 2.05) is 12.1 Å². The van der Waals surface area contributed by atoms with Crippen molar-refractivity contribution in [2.45, 2.75) is 12.8 Å². The highest BCUT2D eigenvalue weighted by atomic mass is 35.5. The Kier molecular flexibility index (Phi) is 7.65. The Morgan fingerprint density at radius 2 is 2.05 bits per heavy atom. The molecule has 0 aromatic heterocycles. The van der Waals surface area contributed by atoms with Gasteiger partial charge in [0.25, 0.3) is 5.91 Å². The molecule has 6 heteroatoms. The van der Waals surface area contributed by atoms with E-state index in [2.05, 4.69) is 10.6 Å². The lowest BCUT2D eigenvalue weighted by atomic mass is 9.79. The first kappa shape index (κ1) is 18.7. The van der Waals surface area contributed by atoms with E-state index in [1.54, 1.807) is 26.4 Å². The molecule has 2 N–H and O–H groups in total. The summed E-state index contributed by atoms with van der Waals surface area (Å²) in [6, 6.07) is 7.20. The molecule has 1 aliphatic rings. The minimum atomic E-state index is -0.0667. The van der Waals surface area contributed by atoms with Gasteiger partial charge in [-0.25, -0.2) is 0 Å². The van der Waals surface area contributed by atoms with E-state index < -0.39 is 0 Å². The molecule has 2 rings (SSSR count). The molecule has 1 aromatic rings. The van der Waals surface area contributed by atoms with Gasteiger partial charge in [0.05, 0.1) is 13.7 Å². The van der Waals surface area contributed by atoms with Gasteiger partial charge in [0.15, 0.2) is 0 Å². The Hall–Kier alpha value is -1.30. The summed E-state index contributed by atoms with van der Waals surface area (Å²) in [6.07, 6.45) is 2.03. The number of amides is 1. The first-order valence-corrected chi connectivity index (χ1v) is 7.31. The Labute approximate surface area is 138 Å². The summed E-state index contributed by atoms with van der Waals surface area (Å²) < 4.78 is 10.5. The van der Waals surface area contributed by atoms with Gasteiger partial charge in [0, 0.05) is 24.6 Å². The molecule has 0 spiro atoms. The maximum Gasteiger partial charge on any atom is 0.251 e. The van der Waals surface area contributed by atoms with Gasteiger partial charge in [0.1, 0.15) is 5.75 Å². The maximum absolute atomic E-state index is 12.3. The first-order valence-electron chi connectivity index (χ1n) is 7.31. The van der Waals surface area contributed by atoms with Crippen molar-refractivity contribution >= 4 is 18.3 Å². The molecular formula is C16H25ClN2O3. The number of hydrogen-bond donors (Lipinski definition) is 2. The van der Waals surface area contributed by atoms with Crippen molar-refractivity contribution < 1.29 is 14.3 Å². The van der Waals surface area contributed by atoms with Gasteiger partial charge in [0.2, 0.25) is 0 Å². The van der Waals surface area contributed by atoms with Crippen molar-refractivity contribution in [1.82, 2.24) is 10.6 Å². The van der Waals surface area contributed by atoms with Crippen LogP contribution in [-0.4, -0.2) is 46.4 Å². The van der Waals surface area contributed by atoms with Gasteiger partial charge in [-0.15, -0.1) is 12.4 Å². The minimum Gasteiger partial charge on any atom is -0.497 e. The molecule has 0 bridgehead atoms. The molecule has 0 unspecified atom stereocenters. The van der Waals surface area contributed by atoms with E-state index in [0.29, 0.717) is 24.5 Å². The van der Waals surface area contributed by atoms with Gasteiger partial charge in [-0.2, -0.15) is 0 Å². The van der Waals surface area contributed by atoms with Gasteiger partial charge in [-0.3, -0.25) is 4.79 Å². The highest BCUT2D eigenvalue weighted by Gasteiger charge is 2.32. The second-order valence-electron chi connectivity index (χ2n) is 5.60. The number of hydrogen-bond acceptors (Lipinski definition) is 4. The van der Waals surface area contributed by atoms with Crippen molar-refractivity contribution in [2.24, 2.45) is 5.41 Å². The molecule has 5 nitrogen and oxygen atoms in total. The number of halogens is 1. The third-order valence-corrected chi connectivity index (χ3v) is 4.07. The topological polar surface area (TPSA) is 59.6 Å². The lowest BCUT2D eigenvalue weighted by Crippen LogP contribution is -2.47. The van der Waals surface area contributed by atoms with Crippen LogP contribution in [0.15, 0.2) is 24.3 Å². The van der Waals surface area contributed by atoms with Crippen LogP contribution < -0.4 is 15.4 Å². The molecule has 1 aliphatic heterocycles. The summed E-state index contributed by atoms with van der Waals surface area (Å²) >= 11 is 0. The van der Waals surface area contributed by atoms with Gasteiger partial charge >= 0.3 is 0 Å². The van der Waals surface area contributed by atoms with Gasteiger partial charge in [-0.1, -0.05) is 6.07 Å². The molecule has 0 atom stereocenters. The van der Waals surface area contributed by atoms with E-state index in [-0.39, 0.29) is 23.7 Å². The number of benzene rings is 1. The van der Waals surface area contributed by atoms with Crippen LogP contribution in [0.25, 0.3) is 0 Å². The smallest absolute Gasteiger partial charge is 0.251 e. The highest BCUT2D eigenvalue weighted by molar-refractivity contribution is 5.94. The fraction of sp³-hybridized carbons (Fsp3) is 0.562. The largest absolute Gasteiger partial charge is 0.497 e. The van der Waals surface area contributed by atoms with Gasteiger partial charge in [-0.05, 0) is 44.1 Å². The molecule has 1 heterocycles. The Morgan fingerprint density at radius 1 is 1.32 bits per heavy atom. The molecule has 1 saturated heterocycles. The number of piperidine rings is 1. The number of rotatable bonds is 6. The average molecular weight is 329 g/mol. The summed E-state index contributed by atoms with van der Waals surface area (Å²) in [5.41, 5.74) is 0.657. The van der Waals surface area contributed by atoms with E-state index >= 15 is 0 Å². The van der Waals surface area contributed by atoms with Crippen LogP contribution in [0.4, 0.5) is 0 Å². The number of nitrogens with one attached hydrogen (secondary N) is 2. The summed E-state index contributed by atoms with van der Waals surface area (Å²) in [5.74, 6) is 0.624. The SMILES string of the molecule is COCC1(CNC(=O)c2cccc(OC)c2)CCNCC1.Cl. The molecule has 0 radical (unpaired) electrons. The van der Waals surface area contributed by atoms with Crippen molar-refractivity contribution in [3.8, 4) is 5.75 Å². The van der Waals surface area contributed by atoms with E-state index in [0.717, 1.165) is 25.9 Å². The summed E-state index contributed by atoms with van der Waals surface area (Å²) in [6.45, 7) is 3.25. The summed E-state index contributed by atoms with van der Waals surface area (Å²) in [7, 11) is 3.31. The van der Waals surface area contributed by atoms with E-state index in [1.165, 1.54) is 0 Å². The second kappa shape index (κ2) is 8.98. The highest BCUT2D eigenvalue weighted by Crippen LogP contribution is 2.28. The van der Waals surface area contributed by atoms with Crippen LogP contribution in [0.2, 0.25) is 0 Å². The lowest BCUT2D eigenvalue weighted by Gasteiger charge is -2.37. The van der Waals surface area contributed by atoms with Gasteiger partial charge < -0.3 is 20.1 Å². The second-order valence-corrected chi connectivity index (χ2v) is 5.60. The number of ether oxygens (including phenoxy) is 2. The third-order valence-electron chi connectivity index (χ3n) is 4.07. The standard InChI is InChI=1S/C16H24N2O3.ClH/c1-20-12-16(6-8-17-9-7-16)11-18-15(19)13-4-3-5-14(10-13)21-2;/h3-5,10,17H,6-9,11-12H2,1-2H3,(H,18,19);1H. The Bertz CT molecular complexity index is 471. The van der Waals surface area contributed by atoms with Crippen LogP contribution >= 0.6 is 12.4 Å².